The van der Waals surface area contributed by atoms with Crippen molar-refractivity contribution >= 4 is 0 Å². The Kier molecular flexibility index (Phi) is 2.35. The highest BCUT2D eigenvalue weighted by molar-refractivity contribution is 4.94. The third-order valence-corrected chi connectivity index (χ3v) is 3.20. The van der Waals surface area contributed by atoms with E-state index in [9.17, 15) is 0 Å². The van der Waals surface area contributed by atoms with Gasteiger partial charge in [0.25, 0.3) is 0 Å². The molecule has 0 saturated carbocycles. The molecule has 2 N–H and O–H groups in total. The predicted octanol–water partition coefficient (Wildman–Crippen LogP) is -0.276. The molecule has 2 fully saturated rings. The number of nitrogens with zero attached hydrogens (tertiary/aromatic N) is 2. The maximum absolute atomic E-state index is 5.55. The van der Waals surface area contributed by atoms with Crippen molar-refractivity contribution in [1.82, 2.24) is 9.80 Å². The Hall–Kier alpha value is -0.120. The fraction of sp³-hybridized carbons (Fsp3) is 1.00. The van der Waals surface area contributed by atoms with Crippen molar-refractivity contribution in [2.45, 2.75) is 24.9 Å². The van der Waals surface area contributed by atoms with Crippen LogP contribution in [0.25, 0.3) is 0 Å². The van der Waals surface area contributed by atoms with Gasteiger partial charge in [0.2, 0.25) is 0 Å². The van der Waals surface area contributed by atoms with E-state index >= 15 is 0 Å². The van der Waals surface area contributed by atoms with E-state index < -0.39 is 0 Å². The molecule has 70 valence electrons. The van der Waals surface area contributed by atoms with Gasteiger partial charge in [0.15, 0.2) is 0 Å². The first-order valence-electron chi connectivity index (χ1n) is 4.95. The Morgan fingerprint density at radius 1 is 1.42 bits per heavy atom. The first-order valence-corrected chi connectivity index (χ1v) is 4.95. The summed E-state index contributed by atoms with van der Waals surface area (Å²) in [4.78, 5) is 5.01. The topological polar surface area (TPSA) is 32.5 Å². The highest BCUT2D eigenvalue weighted by Gasteiger charge is 2.37. The number of likely N-dealkylation sites (tertiary alicyclic amines) is 2. The summed E-state index contributed by atoms with van der Waals surface area (Å²) in [5.41, 5.74) is 5.55. The van der Waals surface area contributed by atoms with Crippen LogP contribution in [0.15, 0.2) is 0 Å². The van der Waals surface area contributed by atoms with Crippen LogP contribution in [0.1, 0.15) is 12.8 Å². The molecule has 0 radical (unpaired) electrons. The molecular weight excluding hydrogens is 150 g/mol. The van der Waals surface area contributed by atoms with Gasteiger partial charge in [-0.05, 0) is 26.4 Å². The van der Waals surface area contributed by atoms with Crippen LogP contribution >= 0.6 is 0 Å². The lowest BCUT2D eigenvalue weighted by Gasteiger charge is -2.52. The maximum atomic E-state index is 5.55. The number of hydrogen-bond donors (Lipinski definition) is 1. The molecule has 2 aliphatic rings. The maximum Gasteiger partial charge on any atom is 0.0353 e. The lowest BCUT2D eigenvalue weighted by molar-refractivity contribution is -0.0323. The minimum absolute atomic E-state index is 0.814. The fourth-order valence-corrected chi connectivity index (χ4v) is 2.32. The van der Waals surface area contributed by atoms with E-state index in [1.807, 2.05) is 0 Å². The van der Waals surface area contributed by atoms with Crippen molar-refractivity contribution in [2.75, 3.05) is 33.2 Å². The fourth-order valence-electron chi connectivity index (χ4n) is 2.32. The van der Waals surface area contributed by atoms with Crippen molar-refractivity contribution in [2.24, 2.45) is 5.73 Å². The van der Waals surface area contributed by atoms with Gasteiger partial charge in [0.05, 0.1) is 0 Å². The van der Waals surface area contributed by atoms with Gasteiger partial charge < -0.3 is 10.6 Å². The molecule has 0 aromatic heterocycles. The van der Waals surface area contributed by atoms with Gasteiger partial charge in [-0.25, -0.2) is 0 Å². The van der Waals surface area contributed by atoms with E-state index in [0.29, 0.717) is 0 Å². The van der Waals surface area contributed by atoms with Gasteiger partial charge in [-0.1, -0.05) is 0 Å². The summed E-state index contributed by atoms with van der Waals surface area (Å²) in [6.45, 7) is 4.69. The quantitative estimate of drug-likeness (QED) is 0.631. The van der Waals surface area contributed by atoms with Gasteiger partial charge in [0.1, 0.15) is 0 Å². The zero-order chi connectivity index (χ0) is 8.55. The van der Waals surface area contributed by atoms with E-state index in [1.54, 1.807) is 0 Å². The second-order valence-electron chi connectivity index (χ2n) is 4.13. The summed E-state index contributed by atoms with van der Waals surface area (Å²) < 4.78 is 0. The molecule has 0 aromatic rings. The molecule has 1 atom stereocenters. The summed E-state index contributed by atoms with van der Waals surface area (Å²) in [5, 5.41) is 0. The summed E-state index contributed by atoms with van der Waals surface area (Å²) >= 11 is 0. The molecule has 3 nitrogen and oxygen atoms in total. The number of nitrogens with two attached hydrogens (primary N) is 1. The van der Waals surface area contributed by atoms with E-state index in [2.05, 4.69) is 16.8 Å². The zero-order valence-electron chi connectivity index (χ0n) is 7.87. The van der Waals surface area contributed by atoms with Crippen molar-refractivity contribution in [3.05, 3.63) is 0 Å². The van der Waals surface area contributed by atoms with Crippen LogP contribution in [0.5, 0.6) is 0 Å². The Bertz CT molecular complexity index is 149. The van der Waals surface area contributed by atoms with Gasteiger partial charge in [-0.3, -0.25) is 4.90 Å². The van der Waals surface area contributed by atoms with Crippen molar-refractivity contribution < 1.29 is 0 Å². The molecule has 0 bridgehead atoms. The SMILES string of the molecule is CN1CC(N2CCC2CCN)C1. The van der Waals surface area contributed by atoms with Crippen LogP contribution in [-0.4, -0.2) is 55.1 Å². The Morgan fingerprint density at radius 2 is 2.17 bits per heavy atom. The van der Waals surface area contributed by atoms with Crippen molar-refractivity contribution in [3.63, 3.8) is 0 Å². The third-order valence-electron chi connectivity index (χ3n) is 3.20. The molecule has 0 aliphatic carbocycles. The average molecular weight is 169 g/mol. The number of likely N-dealkylation sites (N-methyl/N-ethyl adjacent to an activating group) is 1. The van der Waals surface area contributed by atoms with Crippen LogP contribution in [0.3, 0.4) is 0 Å². The Morgan fingerprint density at radius 3 is 2.58 bits per heavy atom. The van der Waals surface area contributed by atoms with Gasteiger partial charge in [-0.15, -0.1) is 0 Å². The molecule has 0 aromatic carbocycles. The van der Waals surface area contributed by atoms with Gasteiger partial charge >= 0.3 is 0 Å². The average Bonchev–Trinajstić information content (AvgIpc) is 1.95. The van der Waals surface area contributed by atoms with Crippen molar-refractivity contribution in [3.8, 4) is 0 Å². The molecule has 2 rings (SSSR count). The monoisotopic (exact) mass is 169 g/mol. The summed E-state index contributed by atoms with van der Waals surface area (Å²) in [7, 11) is 2.19. The smallest absolute Gasteiger partial charge is 0.0353 e. The molecular formula is C9H19N3. The Labute approximate surface area is 74.5 Å². The molecule has 2 saturated heterocycles. The van der Waals surface area contributed by atoms with E-state index in [1.165, 1.54) is 32.5 Å². The zero-order valence-corrected chi connectivity index (χ0v) is 7.87. The van der Waals surface area contributed by atoms with Crippen LogP contribution < -0.4 is 5.73 Å². The normalized spacial score (nSPS) is 33.0. The molecule has 3 heteroatoms. The molecule has 2 heterocycles. The van der Waals surface area contributed by atoms with E-state index in [-0.39, 0.29) is 0 Å². The highest BCUT2D eigenvalue weighted by Crippen LogP contribution is 2.26. The molecule has 0 spiro atoms. The van der Waals surface area contributed by atoms with Crippen LogP contribution in [0.4, 0.5) is 0 Å². The lowest BCUT2D eigenvalue weighted by Crippen LogP contribution is -2.65. The van der Waals surface area contributed by atoms with Gasteiger partial charge in [-0.2, -0.15) is 0 Å². The Balaban J connectivity index is 1.74. The summed E-state index contributed by atoms with van der Waals surface area (Å²) in [6, 6.07) is 1.66. The molecule has 2 aliphatic heterocycles. The predicted molar refractivity (Wildman–Crippen MR) is 50.1 cm³/mol. The van der Waals surface area contributed by atoms with Crippen molar-refractivity contribution in [1.29, 1.82) is 0 Å². The third kappa shape index (κ3) is 1.37. The minimum atomic E-state index is 0.814. The second kappa shape index (κ2) is 3.32. The number of rotatable bonds is 3. The van der Waals surface area contributed by atoms with E-state index in [4.69, 9.17) is 5.73 Å². The standard InChI is InChI=1S/C9H19N3/c1-11-6-9(7-11)12-5-3-8(12)2-4-10/h8-9H,2-7,10H2,1H3. The summed E-state index contributed by atoms with van der Waals surface area (Å²) in [5.74, 6) is 0. The first-order chi connectivity index (χ1) is 5.81. The second-order valence-corrected chi connectivity index (χ2v) is 4.13. The van der Waals surface area contributed by atoms with Crippen LogP contribution in [-0.2, 0) is 0 Å². The van der Waals surface area contributed by atoms with Crippen LogP contribution in [0.2, 0.25) is 0 Å². The highest BCUT2D eigenvalue weighted by atomic mass is 15.3. The molecule has 12 heavy (non-hydrogen) atoms. The van der Waals surface area contributed by atoms with Gasteiger partial charge in [0, 0.05) is 31.7 Å². The van der Waals surface area contributed by atoms with E-state index in [0.717, 1.165) is 18.6 Å². The molecule has 1 unspecified atom stereocenters. The minimum Gasteiger partial charge on any atom is -0.330 e. The number of hydrogen-bond acceptors (Lipinski definition) is 3. The molecule has 0 amide bonds. The summed E-state index contributed by atoms with van der Waals surface area (Å²) in [6.07, 6.45) is 2.57. The lowest BCUT2D eigenvalue weighted by atomic mass is 9.94. The largest absolute Gasteiger partial charge is 0.330 e. The first kappa shape index (κ1) is 8.48. The van der Waals surface area contributed by atoms with Crippen LogP contribution in [0, 0.1) is 0 Å².